The third-order valence-corrected chi connectivity index (χ3v) is 4.11. The van der Waals surface area contributed by atoms with Crippen LogP contribution in [0.25, 0.3) is 0 Å². The van der Waals surface area contributed by atoms with Crippen molar-refractivity contribution in [3.63, 3.8) is 0 Å². The van der Waals surface area contributed by atoms with Gasteiger partial charge in [0.25, 0.3) is 0 Å². The summed E-state index contributed by atoms with van der Waals surface area (Å²) < 4.78 is 0. The van der Waals surface area contributed by atoms with E-state index in [4.69, 9.17) is 5.11 Å². The van der Waals surface area contributed by atoms with Crippen molar-refractivity contribution >= 4 is 17.3 Å². The maximum Gasteiger partial charge on any atom is 0.322 e. The quantitative estimate of drug-likeness (QED) is 0.829. The molecule has 2 N–H and O–H groups in total. The Labute approximate surface area is 104 Å². The molecule has 2 rings (SSSR count). The molecule has 1 saturated heterocycles. The maximum absolute atomic E-state index is 11.1. The summed E-state index contributed by atoms with van der Waals surface area (Å²) >= 11 is 1.66. The predicted octanol–water partition coefficient (Wildman–Crippen LogP) is 0.618. The smallest absolute Gasteiger partial charge is 0.322 e. The standard InChI is InChI=1S/C11H17N3O2S/c1-7-8(2)17-10(13-7)6-14-4-3-12-5-9(14)11(15)16/h9,12H,3-6H2,1-2H3,(H,15,16). The lowest BCUT2D eigenvalue weighted by Gasteiger charge is -2.32. The van der Waals surface area contributed by atoms with Crippen molar-refractivity contribution in [3.8, 4) is 0 Å². The fraction of sp³-hybridized carbons (Fsp3) is 0.636. The molecule has 0 bridgehead atoms. The highest BCUT2D eigenvalue weighted by Crippen LogP contribution is 2.19. The molecule has 1 aromatic rings. The number of rotatable bonds is 3. The van der Waals surface area contributed by atoms with E-state index < -0.39 is 12.0 Å². The number of aliphatic carboxylic acids is 1. The molecule has 5 nitrogen and oxygen atoms in total. The topological polar surface area (TPSA) is 65.5 Å². The number of carboxylic acids is 1. The molecule has 1 aliphatic heterocycles. The van der Waals surface area contributed by atoms with E-state index in [0.717, 1.165) is 23.8 Å². The van der Waals surface area contributed by atoms with Crippen LogP contribution in [0.2, 0.25) is 0 Å². The molecule has 0 radical (unpaired) electrons. The molecule has 1 aromatic heterocycles. The van der Waals surface area contributed by atoms with Crippen LogP contribution in [0.3, 0.4) is 0 Å². The minimum absolute atomic E-state index is 0.437. The van der Waals surface area contributed by atoms with E-state index in [1.54, 1.807) is 11.3 Å². The van der Waals surface area contributed by atoms with Crippen LogP contribution >= 0.6 is 11.3 Å². The molecule has 2 heterocycles. The zero-order chi connectivity index (χ0) is 12.4. The number of carboxylic acid groups (broad SMARTS) is 1. The van der Waals surface area contributed by atoms with Crippen molar-refractivity contribution in [2.24, 2.45) is 0 Å². The lowest BCUT2D eigenvalue weighted by molar-refractivity contribution is -0.144. The zero-order valence-corrected chi connectivity index (χ0v) is 10.9. The predicted molar refractivity (Wildman–Crippen MR) is 66.3 cm³/mol. The van der Waals surface area contributed by atoms with E-state index in [0.29, 0.717) is 13.1 Å². The van der Waals surface area contributed by atoms with Gasteiger partial charge in [-0.15, -0.1) is 11.3 Å². The van der Waals surface area contributed by atoms with Gasteiger partial charge in [-0.25, -0.2) is 4.98 Å². The number of aryl methyl sites for hydroxylation is 2. The molecular weight excluding hydrogens is 238 g/mol. The van der Waals surface area contributed by atoms with Gasteiger partial charge < -0.3 is 10.4 Å². The minimum atomic E-state index is -0.762. The van der Waals surface area contributed by atoms with Gasteiger partial charge in [-0.2, -0.15) is 0 Å². The van der Waals surface area contributed by atoms with Gasteiger partial charge in [-0.3, -0.25) is 9.69 Å². The van der Waals surface area contributed by atoms with Gasteiger partial charge in [-0.05, 0) is 13.8 Å². The Hall–Kier alpha value is -0.980. The van der Waals surface area contributed by atoms with Gasteiger partial charge in [0.05, 0.1) is 12.2 Å². The summed E-state index contributed by atoms with van der Waals surface area (Å²) in [6.45, 7) is 6.78. The summed E-state index contributed by atoms with van der Waals surface area (Å²) in [7, 11) is 0. The number of hydrogen-bond donors (Lipinski definition) is 2. The number of piperazine rings is 1. The fourth-order valence-corrected chi connectivity index (χ4v) is 2.92. The first-order valence-electron chi connectivity index (χ1n) is 5.68. The Morgan fingerprint density at radius 2 is 2.41 bits per heavy atom. The van der Waals surface area contributed by atoms with E-state index in [-0.39, 0.29) is 0 Å². The van der Waals surface area contributed by atoms with Crippen LogP contribution in [0, 0.1) is 13.8 Å². The highest BCUT2D eigenvalue weighted by atomic mass is 32.1. The SMILES string of the molecule is Cc1nc(CN2CCNCC2C(=O)O)sc1C. The number of hydrogen-bond acceptors (Lipinski definition) is 5. The average Bonchev–Trinajstić information content (AvgIpc) is 2.58. The molecule has 0 spiro atoms. The number of aromatic nitrogens is 1. The molecule has 94 valence electrons. The molecule has 17 heavy (non-hydrogen) atoms. The lowest BCUT2D eigenvalue weighted by atomic mass is 10.2. The monoisotopic (exact) mass is 255 g/mol. The Bertz CT molecular complexity index is 399. The molecule has 0 aromatic carbocycles. The molecule has 0 aliphatic carbocycles. The van der Waals surface area contributed by atoms with Crippen LogP contribution in [0.1, 0.15) is 15.6 Å². The van der Waals surface area contributed by atoms with Crippen molar-refractivity contribution < 1.29 is 9.90 Å². The summed E-state index contributed by atoms with van der Waals surface area (Å²) in [6, 6.07) is -0.437. The van der Waals surface area contributed by atoms with E-state index >= 15 is 0 Å². The Morgan fingerprint density at radius 3 is 3.00 bits per heavy atom. The van der Waals surface area contributed by atoms with Crippen LogP contribution in [-0.4, -0.2) is 46.6 Å². The van der Waals surface area contributed by atoms with Crippen LogP contribution in [0.15, 0.2) is 0 Å². The number of nitrogens with one attached hydrogen (secondary N) is 1. The van der Waals surface area contributed by atoms with Gasteiger partial charge in [-0.1, -0.05) is 0 Å². The summed E-state index contributed by atoms with van der Waals surface area (Å²) in [5.74, 6) is -0.762. The van der Waals surface area contributed by atoms with Crippen molar-refractivity contribution in [2.45, 2.75) is 26.4 Å². The van der Waals surface area contributed by atoms with Gasteiger partial charge in [0.1, 0.15) is 11.0 Å². The van der Waals surface area contributed by atoms with E-state index in [1.165, 1.54) is 4.88 Å². The second-order valence-corrected chi connectivity index (χ2v) is 5.57. The second-order valence-electron chi connectivity index (χ2n) is 4.28. The van der Waals surface area contributed by atoms with Gasteiger partial charge >= 0.3 is 5.97 Å². The highest BCUT2D eigenvalue weighted by Gasteiger charge is 2.28. The average molecular weight is 255 g/mol. The summed E-state index contributed by atoms with van der Waals surface area (Å²) in [5.41, 5.74) is 1.05. The van der Waals surface area contributed by atoms with E-state index in [2.05, 4.69) is 10.3 Å². The van der Waals surface area contributed by atoms with Crippen LogP contribution < -0.4 is 5.32 Å². The largest absolute Gasteiger partial charge is 0.480 e. The van der Waals surface area contributed by atoms with Gasteiger partial charge in [0.2, 0.25) is 0 Å². The molecule has 0 amide bonds. The fourth-order valence-electron chi connectivity index (χ4n) is 1.96. The molecule has 1 unspecified atom stereocenters. The number of nitrogens with zero attached hydrogens (tertiary/aromatic N) is 2. The van der Waals surface area contributed by atoms with Crippen LogP contribution in [-0.2, 0) is 11.3 Å². The maximum atomic E-state index is 11.1. The first kappa shape index (κ1) is 12.5. The Balaban J connectivity index is 2.07. The van der Waals surface area contributed by atoms with Crippen molar-refractivity contribution in [1.82, 2.24) is 15.2 Å². The third-order valence-electron chi connectivity index (χ3n) is 3.05. The molecular formula is C11H17N3O2S. The first-order valence-corrected chi connectivity index (χ1v) is 6.50. The summed E-state index contributed by atoms with van der Waals surface area (Å²) in [6.07, 6.45) is 0. The number of thiazole rings is 1. The third kappa shape index (κ3) is 2.83. The molecule has 6 heteroatoms. The number of carbonyl (C=O) groups is 1. The first-order chi connectivity index (χ1) is 8.08. The molecule has 1 fully saturated rings. The van der Waals surface area contributed by atoms with E-state index in [1.807, 2.05) is 18.7 Å². The van der Waals surface area contributed by atoms with Crippen molar-refractivity contribution in [3.05, 3.63) is 15.6 Å². The summed E-state index contributed by atoms with van der Waals surface area (Å²) in [5, 5.41) is 13.3. The van der Waals surface area contributed by atoms with Crippen LogP contribution in [0.5, 0.6) is 0 Å². The molecule has 0 saturated carbocycles. The minimum Gasteiger partial charge on any atom is -0.480 e. The van der Waals surface area contributed by atoms with Crippen molar-refractivity contribution in [1.29, 1.82) is 0 Å². The van der Waals surface area contributed by atoms with Crippen LogP contribution in [0.4, 0.5) is 0 Å². The normalized spacial score (nSPS) is 21.6. The zero-order valence-electron chi connectivity index (χ0n) is 10.1. The Kier molecular flexibility index (Phi) is 3.76. The van der Waals surface area contributed by atoms with Gasteiger partial charge in [0, 0.05) is 24.5 Å². The van der Waals surface area contributed by atoms with Crippen molar-refractivity contribution in [2.75, 3.05) is 19.6 Å². The van der Waals surface area contributed by atoms with E-state index in [9.17, 15) is 4.79 Å². The molecule has 1 aliphatic rings. The lowest BCUT2D eigenvalue weighted by Crippen LogP contribution is -2.54. The Morgan fingerprint density at radius 1 is 1.65 bits per heavy atom. The van der Waals surface area contributed by atoms with Gasteiger partial charge in [0.15, 0.2) is 0 Å². The second kappa shape index (κ2) is 5.12. The molecule has 1 atom stereocenters. The highest BCUT2D eigenvalue weighted by molar-refractivity contribution is 7.11. The summed E-state index contributed by atoms with van der Waals surface area (Å²) in [4.78, 5) is 18.8.